The van der Waals surface area contributed by atoms with E-state index in [0.29, 0.717) is 41.1 Å². The Kier molecular flexibility index (Phi) is 9.06. The minimum absolute atomic E-state index is 0.0567. The fraction of sp³-hybridized carbons (Fsp3) is 0.179. The minimum atomic E-state index is -4.77. The summed E-state index contributed by atoms with van der Waals surface area (Å²) in [6.45, 7) is 3.61. The summed E-state index contributed by atoms with van der Waals surface area (Å²) in [4.78, 5) is 49.1. The van der Waals surface area contributed by atoms with Gasteiger partial charge in [-0.1, -0.05) is 32.0 Å². The van der Waals surface area contributed by atoms with Crippen LogP contribution in [-0.2, 0) is 15.8 Å². The van der Waals surface area contributed by atoms with E-state index in [-0.39, 0.29) is 15.1 Å². The maximum absolute atomic E-state index is 13.0. The van der Waals surface area contributed by atoms with Crippen LogP contribution < -0.4 is 10.1 Å². The first-order valence-electron chi connectivity index (χ1n) is 12.2. The van der Waals surface area contributed by atoms with Crippen molar-refractivity contribution in [2.45, 2.75) is 25.9 Å². The Bertz CT molecular complexity index is 1610. The molecule has 1 saturated heterocycles. The van der Waals surface area contributed by atoms with E-state index in [9.17, 15) is 37.7 Å². The number of carbonyl (C=O) groups is 3. The standard InChI is InChI=1S/C28H21BrF3N3O6S/c1-15(2)17-4-7-19(8-5-17)33-25(36)14-34-26(37)24(42-27(34)38)12-16-3-9-22(20(29)11-16)41-23-10-6-18(28(30,31)32)13-21(23)35(39)40/h3-13,15H,14H2,1-2H3,(H,33,36)/b24-12+. The number of hydrogen-bond acceptors (Lipinski definition) is 7. The second kappa shape index (κ2) is 12.4. The van der Waals surface area contributed by atoms with Gasteiger partial charge < -0.3 is 10.1 Å². The van der Waals surface area contributed by atoms with Crippen molar-refractivity contribution < 1.29 is 37.2 Å². The van der Waals surface area contributed by atoms with Crippen molar-refractivity contribution >= 4 is 62.2 Å². The van der Waals surface area contributed by atoms with Crippen LogP contribution in [0.4, 0.5) is 29.3 Å². The number of alkyl halides is 3. The number of nitrogens with one attached hydrogen (secondary N) is 1. The number of benzene rings is 3. The summed E-state index contributed by atoms with van der Waals surface area (Å²) in [5.74, 6) is -1.23. The van der Waals surface area contributed by atoms with E-state index in [2.05, 4.69) is 21.2 Å². The smallest absolute Gasteiger partial charge is 0.416 e. The van der Waals surface area contributed by atoms with Gasteiger partial charge in [0.2, 0.25) is 11.7 Å². The van der Waals surface area contributed by atoms with Crippen LogP contribution >= 0.6 is 27.7 Å². The monoisotopic (exact) mass is 663 g/mol. The van der Waals surface area contributed by atoms with Gasteiger partial charge in [0.1, 0.15) is 12.3 Å². The highest BCUT2D eigenvalue weighted by Crippen LogP contribution is 2.40. The van der Waals surface area contributed by atoms with E-state index in [4.69, 9.17) is 4.74 Å². The van der Waals surface area contributed by atoms with Gasteiger partial charge in [0, 0.05) is 11.8 Å². The fourth-order valence-electron chi connectivity index (χ4n) is 3.81. The lowest BCUT2D eigenvalue weighted by Gasteiger charge is -2.13. The maximum Gasteiger partial charge on any atom is 0.416 e. The van der Waals surface area contributed by atoms with Gasteiger partial charge in [-0.3, -0.25) is 29.4 Å². The Hall–Kier alpha value is -4.17. The number of hydrogen-bond donors (Lipinski definition) is 1. The highest BCUT2D eigenvalue weighted by Gasteiger charge is 2.36. The summed E-state index contributed by atoms with van der Waals surface area (Å²) >= 11 is 3.91. The number of nitrogens with zero attached hydrogens (tertiary/aromatic N) is 2. The minimum Gasteiger partial charge on any atom is -0.449 e. The third kappa shape index (κ3) is 7.18. The number of amides is 3. The van der Waals surface area contributed by atoms with Crippen molar-refractivity contribution in [1.29, 1.82) is 0 Å². The van der Waals surface area contributed by atoms with E-state index in [0.717, 1.165) is 16.5 Å². The Morgan fingerprint density at radius 2 is 1.76 bits per heavy atom. The zero-order valence-electron chi connectivity index (χ0n) is 21.9. The van der Waals surface area contributed by atoms with Crippen molar-refractivity contribution in [2.75, 3.05) is 11.9 Å². The molecule has 14 heteroatoms. The van der Waals surface area contributed by atoms with Crippen LogP contribution in [0.5, 0.6) is 11.5 Å². The molecule has 0 unspecified atom stereocenters. The highest BCUT2D eigenvalue weighted by molar-refractivity contribution is 9.10. The molecule has 1 aliphatic rings. The first-order chi connectivity index (χ1) is 19.7. The number of imide groups is 1. The van der Waals surface area contributed by atoms with Crippen LogP contribution in [0.3, 0.4) is 0 Å². The lowest BCUT2D eigenvalue weighted by Crippen LogP contribution is -2.36. The molecular weight excluding hydrogens is 643 g/mol. The molecule has 0 aliphatic carbocycles. The number of rotatable bonds is 8. The Morgan fingerprint density at radius 1 is 1.10 bits per heavy atom. The summed E-state index contributed by atoms with van der Waals surface area (Å²) in [7, 11) is 0. The Labute approximate surface area is 250 Å². The van der Waals surface area contributed by atoms with E-state index < -0.39 is 51.7 Å². The molecule has 0 saturated carbocycles. The van der Waals surface area contributed by atoms with Crippen molar-refractivity contribution in [3.05, 3.63) is 96.8 Å². The van der Waals surface area contributed by atoms with Gasteiger partial charge in [0.25, 0.3) is 11.1 Å². The van der Waals surface area contributed by atoms with Crippen LogP contribution in [0.1, 0.15) is 36.5 Å². The number of anilines is 1. The van der Waals surface area contributed by atoms with Gasteiger partial charge in [-0.25, -0.2) is 0 Å². The molecule has 3 amide bonds. The van der Waals surface area contributed by atoms with Crippen molar-refractivity contribution in [2.24, 2.45) is 0 Å². The summed E-state index contributed by atoms with van der Waals surface area (Å²) < 4.78 is 44.7. The second-order valence-electron chi connectivity index (χ2n) is 9.32. The van der Waals surface area contributed by atoms with E-state index >= 15 is 0 Å². The number of thioether (sulfide) groups is 1. The zero-order chi connectivity index (χ0) is 30.8. The van der Waals surface area contributed by atoms with E-state index in [1.165, 1.54) is 24.3 Å². The molecule has 1 N–H and O–H groups in total. The molecular formula is C28H21BrF3N3O6S. The molecule has 0 radical (unpaired) electrons. The molecule has 3 aromatic rings. The van der Waals surface area contributed by atoms with Crippen LogP contribution in [0.15, 0.2) is 70.0 Å². The number of ether oxygens (including phenoxy) is 1. The molecule has 42 heavy (non-hydrogen) atoms. The predicted octanol–water partition coefficient (Wildman–Crippen LogP) is 7.97. The number of nitro benzene ring substituents is 1. The zero-order valence-corrected chi connectivity index (χ0v) is 24.3. The molecule has 0 atom stereocenters. The Morgan fingerprint density at radius 3 is 2.36 bits per heavy atom. The summed E-state index contributed by atoms with van der Waals surface area (Å²) in [5.41, 5.74) is 0.00187. The molecule has 0 spiro atoms. The predicted molar refractivity (Wildman–Crippen MR) is 154 cm³/mol. The summed E-state index contributed by atoms with van der Waals surface area (Å²) in [5, 5.41) is 13.4. The number of halogens is 4. The lowest BCUT2D eigenvalue weighted by atomic mass is 10.0. The third-order valence-electron chi connectivity index (χ3n) is 5.99. The van der Waals surface area contributed by atoms with Crippen molar-refractivity contribution in [1.82, 2.24) is 4.90 Å². The van der Waals surface area contributed by atoms with Gasteiger partial charge in [0.05, 0.1) is 19.9 Å². The van der Waals surface area contributed by atoms with E-state index in [1.54, 1.807) is 12.1 Å². The van der Waals surface area contributed by atoms with Crippen LogP contribution in [0.25, 0.3) is 6.08 Å². The average Bonchev–Trinajstić information content (AvgIpc) is 3.17. The van der Waals surface area contributed by atoms with E-state index in [1.807, 2.05) is 26.0 Å². The van der Waals surface area contributed by atoms with Gasteiger partial charge in [-0.05, 0) is 87.2 Å². The fourth-order valence-corrected chi connectivity index (χ4v) is 5.13. The average molecular weight is 664 g/mol. The molecule has 218 valence electrons. The highest BCUT2D eigenvalue weighted by atomic mass is 79.9. The second-order valence-corrected chi connectivity index (χ2v) is 11.2. The first-order valence-corrected chi connectivity index (χ1v) is 13.8. The maximum atomic E-state index is 13.0. The Balaban J connectivity index is 1.45. The number of nitro groups is 1. The molecule has 0 bridgehead atoms. The topological polar surface area (TPSA) is 119 Å². The largest absolute Gasteiger partial charge is 0.449 e. The molecule has 3 aromatic carbocycles. The summed E-state index contributed by atoms with van der Waals surface area (Å²) in [6, 6.07) is 13.5. The first kappa shape index (κ1) is 30.8. The molecule has 1 heterocycles. The van der Waals surface area contributed by atoms with Gasteiger partial charge in [-0.2, -0.15) is 13.2 Å². The molecule has 1 aliphatic heterocycles. The van der Waals surface area contributed by atoms with Crippen LogP contribution in [0, 0.1) is 10.1 Å². The van der Waals surface area contributed by atoms with Gasteiger partial charge >= 0.3 is 11.9 Å². The number of carbonyl (C=O) groups excluding carboxylic acids is 3. The SMILES string of the molecule is CC(C)c1ccc(NC(=O)CN2C(=O)S/C(=C/c3ccc(Oc4ccc(C(F)(F)F)cc4[N+](=O)[O-])c(Br)c3)C2=O)cc1. The molecule has 1 fully saturated rings. The molecule has 0 aromatic heterocycles. The van der Waals surface area contributed by atoms with Crippen molar-refractivity contribution in [3.8, 4) is 11.5 Å². The van der Waals surface area contributed by atoms with Gasteiger partial charge in [0.15, 0.2) is 0 Å². The normalized spacial score (nSPS) is 14.5. The van der Waals surface area contributed by atoms with Crippen LogP contribution in [0.2, 0.25) is 0 Å². The third-order valence-corrected chi connectivity index (χ3v) is 7.52. The van der Waals surface area contributed by atoms with Crippen molar-refractivity contribution in [3.63, 3.8) is 0 Å². The summed E-state index contributed by atoms with van der Waals surface area (Å²) in [6.07, 6.45) is -3.35. The lowest BCUT2D eigenvalue weighted by molar-refractivity contribution is -0.385. The quantitative estimate of drug-likeness (QED) is 0.147. The molecule has 9 nitrogen and oxygen atoms in total. The molecule has 4 rings (SSSR count). The van der Waals surface area contributed by atoms with Crippen LogP contribution in [-0.4, -0.2) is 33.4 Å². The van der Waals surface area contributed by atoms with Gasteiger partial charge in [-0.15, -0.1) is 0 Å².